The topological polar surface area (TPSA) is 54.6 Å². The molecule has 3 rings (SSSR count). The molecule has 0 spiro atoms. The van der Waals surface area contributed by atoms with Gasteiger partial charge in [-0.1, -0.05) is 46.2 Å². The minimum absolute atomic E-state index is 0.00111. The molecule has 2 N–H and O–H groups in total. The highest BCUT2D eigenvalue weighted by Crippen LogP contribution is 2.42. The Morgan fingerprint density at radius 3 is 2.73 bits per heavy atom. The molecule has 1 aliphatic rings. The molecule has 140 valence electrons. The van der Waals surface area contributed by atoms with E-state index in [1.54, 1.807) is 6.08 Å². The van der Waals surface area contributed by atoms with Gasteiger partial charge in [0.2, 0.25) is 11.8 Å². The molecule has 1 heterocycles. The summed E-state index contributed by atoms with van der Waals surface area (Å²) in [7, 11) is 0.605. The van der Waals surface area contributed by atoms with Gasteiger partial charge >= 0.3 is 0 Å². The van der Waals surface area contributed by atoms with Crippen LogP contribution in [0.5, 0.6) is 17.5 Å². The van der Waals surface area contributed by atoms with Crippen molar-refractivity contribution in [2.75, 3.05) is 6.16 Å². The van der Waals surface area contributed by atoms with Crippen LogP contribution in [0.15, 0.2) is 18.2 Å². The molecule has 2 aromatic rings. The highest BCUT2D eigenvalue weighted by molar-refractivity contribution is 7.38. The van der Waals surface area contributed by atoms with E-state index >= 15 is 0 Å². The van der Waals surface area contributed by atoms with E-state index in [0.29, 0.717) is 31.9 Å². The zero-order valence-electron chi connectivity index (χ0n) is 14.7. The Balaban J connectivity index is 2.08. The van der Waals surface area contributed by atoms with E-state index in [-0.39, 0.29) is 28.3 Å². The Hall–Kier alpha value is -1.71. The predicted octanol–water partition coefficient (Wildman–Crippen LogP) is 5.45. The number of nitrogens with zero attached hydrogens (tertiary/aromatic N) is 1. The van der Waals surface area contributed by atoms with Gasteiger partial charge < -0.3 is 14.9 Å². The molecule has 1 aliphatic carbocycles. The summed E-state index contributed by atoms with van der Waals surface area (Å²) in [6, 6.07) is 2.59. The molecule has 2 unspecified atom stereocenters. The highest BCUT2D eigenvalue weighted by Gasteiger charge is 2.26. The average Bonchev–Trinajstić information content (AvgIpc) is 2.88. The predicted molar refractivity (Wildman–Crippen MR) is 105 cm³/mol. The van der Waals surface area contributed by atoms with Gasteiger partial charge in [0.25, 0.3) is 0 Å². The van der Waals surface area contributed by atoms with Crippen LogP contribution in [0.25, 0.3) is 11.8 Å². The lowest BCUT2D eigenvalue weighted by atomic mass is 10.0. The van der Waals surface area contributed by atoms with Gasteiger partial charge in [-0.2, -0.15) is 0 Å². The summed E-state index contributed by atoms with van der Waals surface area (Å²) in [6.07, 6.45) is 6.81. The number of hydrogen-bond acceptors (Lipinski definition) is 3. The number of hydrogen-bond donors (Lipinski definition) is 2. The normalized spacial score (nSPS) is 14.8. The van der Waals surface area contributed by atoms with Crippen molar-refractivity contribution < 1.29 is 19.3 Å². The van der Waals surface area contributed by atoms with Gasteiger partial charge in [-0.25, -0.2) is 8.96 Å². The van der Waals surface area contributed by atoms with E-state index in [0.717, 1.165) is 29.6 Å². The number of aromatic nitrogens is 1. The Bertz CT molecular complexity index is 850. The number of halogens is 2. The van der Waals surface area contributed by atoms with E-state index in [9.17, 15) is 14.6 Å². The summed E-state index contributed by atoms with van der Waals surface area (Å²) in [6.45, 7) is 4.10. The lowest BCUT2D eigenvalue weighted by molar-refractivity contribution is 0.280. The maximum absolute atomic E-state index is 14.6. The van der Waals surface area contributed by atoms with Crippen molar-refractivity contribution in [1.82, 2.24) is 4.57 Å². The molecular formula is C19H22ClFNO3P. The van der Waals surface area contributed by atoms with Crippen LogP contribution in [0.1, 0.15) is 37.8 Å². The maximum atomic E-state index is 14.6. The number of allylic oxidation sites excluding steroid dienone is 1. The first-order valence-electron chi connectivity index (χ1n) is 8.69. The van der Waals surface area contributed by atoms with E-state index in [1.807, 2.05) is 13.0 Å². The first-order valence-corrected chi connectivity index (χ1v) is 10.4. The van der Waals surface area contributed by atoms with Crippen LogP contribution in [0.4, 0.5) is 4.39 Å². The molecule has 0 bridgehead atoms. The second-order valence-electron chi connectivity index (χ2n) is 6.12. The van der Waals surface area contributed by atoms with Crippen molar-refractivity contribution >= 4 is 26.3 Å². The molecule has 0 saturated heterocycles. The van der Waals surface area contributed by atoms with Crippen LogP contribution in [-0.4, -0.2) is 26.8 Å². The zero-order valence-corrected chi connectivity index (χ0v) is 16.5. The number of rotatable bonds is 6. The van der Waals surface area contributed by atoms with Gasteiger partial charge in [0, 0.05) is 17.2 Å². The first-order chi connectivity index (χ1) is 12.5. The van der Waals surface area contributed by atoms with Gasteiger partial charge in [0.05, 0.1) is 10.7 Å². The Morgan fingerprint density at radius 1 is 1.31 bits per heavy atom. The van der Waals surface area contributed by atoms with Gasteiger partial charge in [0.1, 0.15) is 17.4 Å². The molecule has 0 aliphatic heterocycles. The summed E-state index contributed by atoms with van der Waals surface area (Å²) in [4.78, 5) is 0. The number of ether oxygens (including phenoxy) is 1. The molecule has 0 radical (unpaired) electrons. The van der Waals surface area contributed by atoms with Crippen LogP contribution in [-0.2, 0) is 6.42 Å². The van der Waals surface area contributed by atoms with Crippen molar-refractivity contribution in [3.05, 3.63) is 40.2 Å². The fourth-order valence-corrected chi connectivity index (χ4v) is 4.27. The van der Waals surface area contributed by atoms with Crippen LogP contribution in [0.2, 0.25) is 5.02 Å². The fourth-order valence-electron chi connectivity index (χ4n) is 3.12. The van der Waals surface area contributed by atoms with Gasteiger partial charge in [-0.15, -0.1) is 0 Å². The number of benzene rings is 1. The molecule has 4 nitrogen and oxygen atoms in total. The Morgan fingerprint density at radius 2 is 2.08 bits per heavy atom. The smallest absolute Gasteiger partial charge is 0.206 e. The molecule has 7 heteroatoms. The third kappa shape index (κ3) is 3.43. The van der Waals surface area contributed by atoms with E-state index in [1.165, 1.54) is 6.07 Å². The molecule has 1 aromatic carbocycles. The lowest BCUT2D eigenvalue weighted by Crippen LogP contribution is -2.10. The van der Waals surface area contributed by atoms with Crippen molar-refractivity contribution in [3.8, 4) is 23.2 Å². The second-order valence-corrected chi connectivity index (χ2v) is 8.29. The summed E-state index contributed by atoms with van der Waals surface area (Å²) in [5.74, 6) is -0.648. The number of fused-ring (bicyclic) bond motifs is 1. The minimum atomic E-state index is -0.643. The van der Waals surface area contributed by atoms with Gasteiger partial charge in [-0.3, -0.25) is 0 Å². The first kappa shape index (κ1) is 19.1. The van der Waals surface area contributed by atoms with E-state index < -0.39 is 5.82 Å². The molecule has 0 fully saturated rings. The van der Waals surface area contributed by atoms with Crippen LogP contribution < -0.4 is 4.74 Å². The standard InChI is InChI=1S/C19H22ClFNO3P/c1-3-17(26-4-2)25-16-10-15(14(21)9-13(16)20)22-18(23)11-7-5-6-8-12(11)19(22)24/h5,7,9-10,17,23-24,26H,3-4,6,8H2,1-2H3. The molecule has 0 saturated carbocycles. The van der Waals surface area contributed by atoms with Crippen molar-refractivity contribution in [2.45, 2.75) is 39.0 Å². The Labute approximate surface area is 159 Å². The molecule has 2 atom stereocenters. The van der Waals surface area contributed by atoms with Gasteiger partial charge in [-0.05, 0) is 31.5 Å². The fraction of sp³-hybridized carbons (Fsp3) is 0.368. The molecule has 26 heavy (non-hydrogen) atoms. The minimum Gasteiger partial charge on any atom is -0.494 e. The molecular weight excluding hydrogens is 376 g/mol. The third-order valence-corrected chi connectivity index (χ3v) is 6.10. The van der Waals surface area contributed by atoms with Crippen molar-refractivity contribution in [3.63, 3.8) is 0 Å². The lowest BCUT2D eigenvalue weighted by Gasteiger charge is -2.19. The molecule has 0 amide bonds. The number of aromatic hydroxyl groups is 2. The third-order valence-electron chi connectivity index (χ3n) is 4.42. The van der Waals surface area contributed by atoms with E-state index in [2.05, 4.69) is 6.92 Å². The molecule has 1 aromatic heterocycles. The van der Waals surface area contributed by atoms with E-state index in [4.69, 9.17) is 16.3 Å². The van der Waals surface area contributed by atoms with Gasteiger partial charge in [0.15, 0.2) is 0 Å². The van der Waals surface area contributed by atoms with Crippen molar-refractivity contribution in [2.24, 2.45) is 0 Å². The summed E-state index contributed by atoms with van der Waals surface area (Å²) < 4.78 is 21.7. The van der Waals surface area contributed by atoms with Crippen LogP contribution in [0, 0.1) is 5.82 Å². The zero-order chi connectivity index (χ0) is 18.8. The monoisotopic (exact) mass is 397 g/mol. The Kier molecular flexibility index (Phi) is 5.79. The second kappa shape index (κ2) is 7.89. The average molecular weight is 398 g/mol. The SMILES string of the molecule is CCPC(CC)Oc1cc(-n2c(O)c3c(c2O)CCC=C3)c(F)cc1Cl. The summed E-state index contributed by atoms with van der Waals surface area (Å²) >= 11 is 6.16. The highest BCUT2D eigenvalue weighted by atomic mass is 35.5. The van der Waals surface area contributed by atoms with Crippen LogP contribution in [0.3, 0.4) is 0 Å². The van der Waals surface area contributed by atoms with Crippen LogP contribution >= 0.6 is 20.2 Å². The van der Waals surface area contributed by atoms with Crippen molar-refractivity contribution in [1.29, 1.82) is 0 Å². The maximum Gasteiger partial charge on any atom is 0.206 e. The summed E-state index contributed by atoms with van der Waals surface area (Å²) in [5, 5.41) is 21.2. The largest absolute Gasteiger partial charge is 0.494 e. The summed E-state index contributed by atoms with van der Waals surface area (Å²) in [5.41, 5.74) is 1.14. The quantitative estimate of drug-likeness (QED) is 0.637.